The van der Waals surface area contributed by atoms with Gasteiger partial charge < -0.3 is 9.73 Å². The van der Waals surface area contributed by atoms with E-state index in [4.69, 9.17) is 4.42 Å². The zero-order chi connectivity index (χ0) is 11.3. The highest BCUT2D eigenvalue weighted by molar-refractivity contribution is 5.01. The molecule has 0 bridgehead atoms. The van der Waals surface area contributed by atoms with Gasteiger partial charge in [0.1, 0.15) is 5.76 Å². The van der Waals surface area contributed by atoms with E-state index >= 15 is 0 Å². The smallest absolute Gasteiger partial charge is 0.104 e. The first-order valence-electron chi connectivity index (χ1n) is 5.73. The van der Waals surface area contributed by atoms with Gasteiger partial charge in [-0.05, 0) is 30.0 Å². The second-order valence-electron chi connectivity index (χ2n) is 5.45. The van der Waals surface area contributed by atoms with Crippen molar-refractivity contribution in [3.8, 4) is 0 Å². The Balaban J connectivity index is 2.32. The van der Waals surface area contributed by atoms with Gasteiger partial charge in [-0.1, -0.05) is 27.7 Å². The van der Waals surface area contributed by atoms with E-state index in [0.717, 1.165) is 25.3 Å². The van der Waals surface area contributed by atoms with Gasteiger partial charge in [-0.2, -0.15) is 0 Å². The molecule has 0 aliphatic rings. The Morgan fingerprint density at radius 3 is 2.67 bits per heavy atom. The van der Waals surface area contributed by atoms with Crippen LogP contribution in [0.15, 0.2) is 22.8 Å². The van der Waals surface area contributed by atoms with Crippen LogP contribution in [0.3, 0.4) is 0 Å². The quantitative estimate of drug-likeness (QED) is 0.779. The van der Waals surface area contributed by atoms with E-state index in [9.17, 15) is 0 Å². The van der Waals surface area contributed by atoms with Crippen molar-refractivity contribution in [1.29, 1.82) is 0 Å². The first-order valence-corrected chi connectivity index (χ1v) is 5.73. The molecular formula is C13H23NO. The average molecular weight is 209 g/mol. The molecule has 0 amide bonds. The summed E-state index contributed by atoms with van der Waals surface area (Å²) in [5.41, 5.74) is 0.257. The highest BCUT2D eigenvalue weighted by Crippen LogP contribution is 2.21. The molecule has 0 saturated carbocycles. The van der Waals surface area contributed by atoms with Crippen LogP contribution in [0.25, 0.3) is 0 Å². The Bertz CT molecular complexity index is 262. The van der Waals surface area contributed by atoms with Gasteiger partial charge in [-0.3, -0.25) is 0 Å². The van der Waals surface area contributed by atoms with Crippen molar-refractivity contribution in [3.63, 3.8) is 0 Å². The number of nitrogens with one attached hydrogen (secondary N) is 1. The molecule has 1 N–H and O–H groups in total. The average Bonchev–Trinajstić information content (AvgIpc) is 2.54. The van der Waals surface area contributed by atoms with Crippen LogP contribution < -0.4 is 5.32 Å². The highest BCUT2D eigenvalue weighted by Gasteiger charge is 2.19. The van der Waals surface area contributed by atoms with E-state index in [1.165, 1.54) is 0 Å². The van der Waals surface area contributed by atoms with Crippen LogP contribution >= 0.6 is 0 Å². The maximum atomic E-state index is 5.37. The predicted molar refractivity (Wildman–Crippen MR) is 63.9 cm³/mol. The summed E-state index contributed by atoms with van der Waals surface area (Å²) in [4.78, 5) is 0. The molecule has 0 spiro atoms. The fourth-order valence-electron chi connectivity index (χ4n) is 1.65. The van der Waals surface area contributed by atoms with E-state index in [1.807, 2.05) is 12.1 Å². The SMILES string of the molecule is CC(C)CNCC(C)(C)Cc1ccco1. The molecule has 0 radical (unpaired) electrons. The lowest BCUT2D eigenvalue weighted by Gasteiger charge is -2.24. The molecule has 15 heavy (non-hydrogen) atoms. The van der Waals surface area contributed by atoms with Crippen molar-refractivity contribution in [2.75, 3.05) is 13.1 Å². The minimum atomic E-state index is 0.257. The fourth-order valence-corrected chi connectivity index (χ4v) is 1.65. The van der Waals surface area contributed by atoms with E-state index in [1.54, 1.807) is 6.26 Å². The summed E-state index contributed by atoms with van der Waals surface area (Å²) in [6.45, 7) is 11.1. The number of rotatable bonds is 6. The Morgan fingerprint density at radius 1 is 1.40 bits per heavy atom. The molecule has 86 valence electrons. The van der Waals surface area contributed by atoms with Crippen LogP contribution in [0.2, 0.25) is 0 Å². The Morgan fingerprint density at radius 2 is 2.13 bits per heavy atom. The molecule has 0 saturated heterocycles. The normalized spacial score (nSPS) is 12.3. The molecule has 2 nitrogen and oxygen atoms in total. The van der Waals surface area contributed by atoms with E-state index in [-0.39, 0.29) is 5.41 Å². The second-order valence-corrected chi connectivity index (χ2v) is 5.45. The summed E-state index contributed by atoms with van der Waals surface area (Å²) in [7, 11) is 0. The van der Waals surface area contributed by atoms with Crippen LogP contribution in [0, 0.1) is 11.3 Å². The lowest BCUT2D eigenvalue weighted by atomic mass is 9.88. The maximum Gasteiger partial charge on any atom is 0.104 e. The van der Waals surface area contributed by atoms with Crippen LogP contribution in [0.5, 0.6) is 0 Å². The standard InChI is InChI=1S/C13H23NO/c1-11(2)9-14-10-13(3,4)8-12-6-5-7-15-12/h5-7,11,14H,8-10H2,1-4H3. The van der Waals surface area contributed by atoms with Crippen LogP contribution in [-0.4, -0.2) is 13.1 Å². The third-order valence-electron chi connectivity index (χ3n) is 2.39. The lowest BCUT2D eigenvalue weighted by Crippen LogP contribution is -2.33. The summed E-state index contributed by atoms with van der Waals surface area (Å²) in [6.07, 6.45) is 2.73. The summed E-state index contributed by atoms with van der Waals surface area (Å²) in [5.74, 6) is 1.79. The summed E-state index contributed by atoms with van der Waals surface area (Å²) in [6, 6.07) is 4.00. The first kappa shape index (κ1) is 12.3. The third-order valence-corrected chi connectivity index (χ3v) is 2.39. The predicted octanol–water partition coefficient (Wildman–Crippen LogP) is 3.09. The molecule has 1 rings (SSSR count). The van der Waals surface area contributed by atoms with Gasteiger partial charge in [0, 0.05) is 13.0 Å². The van der Waals surface area contributed by atoms with Gasteiger partial charge in [-0.25, -0.2) is 0 Å². The van der Waals surface area contributed by atoms with Gasteiger partial charge in [0.2, 0.25) is 0 Å². The molecule has 1 aromatic heterocycles. The lowest BCUT2D eigenvalue weighted by molar-refractivity contribution is 0.305. The summed E-state index contributed by atoms with van der Waals surface area (Å²) < 4.78 is 5.37. The molecule has 0 aliphatic heterocycles. The van der Waals surface area contributed by atoms with Gasteiger partial charge in [0.25, 0.3) is 0 Å². The van der Waals surface area contributed by atoms with E-state index in [2.05, 4.69) is 33.0 Å². The molecule has 2 heteroatoms. The molecule has 0 aromatic carbocycles. The molecule has 0 aliphatic carbocycles. The Labute approximate surface area is 93.1 Å². The van der Waals surface area contributed by atoms with Crippen molar-refractivity contribution in [1.82, 2.24) is 5.32 Å². The zero-order valence-electron chi connectivity index (χ0n) is 10.3. The summed E-state index contributed by atoms with van der Waals surface area (Å²) in [5, 5.41) is 3.50. The van der Waals surface area contributed by atoms with Crippen molar-refractivity contribution in [2.24, 2.45) is 11.3 Å². The molecule has 1 aromatic rings. The van der Waals surface area contributed by atoms with Gasteiger partial charge in [-0.15, -0.1) is 0 Å². The first-order chi connectivity index (χ1) is 6.99. The number of furan rings is 1. The molecule has 0 unspecified atom stereocenters. The molecule has 0 atom stereocenters. The van der Waals surface area contributed by atoms with Crippen molar-refractivity contribution in [2.45, 2.75) is 34.1 Å². The van der Waals surface area contributed by atoms with E-state index < -0.39 is 0 Å². The van der Waals surface area contributed by atoms with Gasteiger partial charge in [0.15, 0.2) is 0 Å². The maximum absolute atomic E-state index is 5.37. The highest BCUT2D eigenvalue weighted by atomic mass is 16.3. The molecule has 0 fully saturated rings. The van der Waals surface area contributed by atoms with Crippen molar-refractivity contribution < 1.29 is 4.42 Å². The summed E-state index contributed by atoms with van der Waals surface area (Å²) >= 11 is 0. The monoisotopic (exact) mass is 209 g/mol. The fraction of sp³-hybridized carbons (Fsp3) is 0.692. The molecular weight excluding hydrogens is 186 g/mol. The van der Waals surface area contributed by atoms with E-state index in [0.29, 0.717) is 5.92 Å². The third kappa shape index (κ3) is 5.03. The van der Waals surface area contributed by atoms with Gasteiger partial charge in [0.05, 0.1) is 6.26 Å². The number of hydrogen-bond donors (Lipinski definition) is 1. The minimum Gasteiger partial charge on any atom is -0.469 e. The Hall–Kier alpha value is -0.760. The second kappa shape index (κ2) is 5.36. The van der Waals surface area contributed by atoms with Crippen LogP contribution in [0.1, 0.15) is 33.5 Å². The van der Waals surface area contributed by atoms with Gasteiger partial charge >= 0.3 is 0 Å². The minimum absolute atomic E-state index is 0.257. The Kier molecular flexibility index (Phi) is 4.40. The largest absolute Gasteiger partial charge is 0.469 e. The van der Waals surface area contributed by atoms with Crippen molar-refractivity contribution >= 4 is 0 Å². The van der Waals surface area contributed by atoms with Crippen LogP contribution in [0.4, 0.5) is 0 Å². The van der Waals surface area contributed by atoms with Crippen LogP contribution in [-0.2, 0) is 6.42 Å². The number of hydrogen-bond acceptors (Lipinski definition) is 2. The zero-order valence-corrected chi connectivity index (χ0v) is 10.3. The topological polar surface area (TPSA) is 25.2 Å². The molecule has 1 heterocycles. The van der Waals surface area contributed by atoms with Crippen molar-refractivity contribution in [3.05, 3.63) is 24.2 Å².